The molecule has 0 unspecified atom stereocenters. The molecule has 0 saturated carbocycles. The maximum absolute atomic E-state index is 14.5. The molecule has 2 heterocycles. The summed E-state index contributed by atoms with van der Waals surface area (Å²) in [5.41, 5.74) is 1.33. The van der Waals surface area contributed by atoms with Crippen molar-refractivity contribution in [2.45, 2.75) is 33.4 Å². The lowest BCUT2D eigenvalue weighted by Gasteiger charge is -2.12. The highest BCUT2D eigenvalue weighted by Gasteiger charge is 2.08. The number of benzene rings is 1. The van der Waals surface area contributed by atoms with E-state index >= 15 is 0 Å². The van der Waals surface area contributed by atoms with Crippen molar-refractivity contribution < 1.29 is 4.39 Å². The lowest BCUT2D eigenvalue weighted by Crippen LogP contribution is -2.36. The zero-order valence-corrected chi connectivity index (χ0v) is 19.2. The fourth-order valence-corrected chi connectivity index (χ4v) is 3.45. The van der Waals surface area contributed by atoms with Crippen molar-refractivity contribution in [3.8, 4) is 5.69 Å². The van der Waals surface area contributed by atoms with Crippen LogP contribution in [-0.2, 0) is 19.5 Å². The SMILES string of the molecule is CCc1cnc(CNC(=NC)NCc2ccc(-n3ccnc3C)c(F)c2)s1.I. The fourth-order valence-electron chi connectivity index (χ4n) is 2.65. The van der Waals surface area contributed by atoms with Crippen LogP contribution in [0.3, 0.4) is 0 Å². The number of guanidine groups is 1. The summed E-state index contributed by atoms with van der Waals surface area (Å²) < 4.78 is 16.2. The number of hydrogen-bond donors (Lipinski definition) is 2. The maximum Gasteiger partial charge on any atom is 0.191 e. The van der Waals surface area contributed by atoms with E-state index in [0.717, 1.165) is 22.8 Å². The van der Waals surface area contributed by atoms with Gasteiger partial charge in [0.2, 0.25) is 0 Å². The van der Waals surface area contributed by atoms with Crippen LogP contribution in [0.5, 0.6) is 0 Å². The van der Waals surface area contributed by atoms with Crippen LogP contribution in [0.4, 0.5) is 4.39 Å². The van der Waals surface area contributed by atoms with Crippen LogP contribution in [0.1, 0.15) is 28.2 Å². The number of aryl methyl sites for hydroxylation is 2. The number of imidazole rings is 1. The first kappa shape index (κ1) is 22.3. The highest BCUT2D eigenvalue weighted by atomic mass is 127. The minimum atomic E-state index is -0.284. The smallest absolute Gasteiger partial charge is 0.191 e. The lowest BCUT2D eigenvalue weighted by molar-refractivity contribution is 0.613. The summed E-state index contributed by atoms with van der Waals surface area (Å²) in [7, 11) is 1.71. The lowest BCUT2D eigenvalue weighted by atomic mass is 10.2. The number of nitrogens with zero attached hydrogens (tertiary/aromatic N) is 4. The molecule has 0 atom stereocenters. The van der Waals surface area contributed by atoms with Gasteiger partial charge in [-0.25, -0.2) is 14.4 Å². The van der Waals surface area contributed by atoms with Crippen molar-refractivity contribution in [2.75, 3.05) is 7.05 Å². The standard InChI is InChI=1S/C19H23FN6S.HI/c1-4-15-11-23-18(27-15)12-25-19(21-3)24-10-14-5-6-17(16(20)9-14)26-8-7-22-13(26)2;/h5-9,11H,4,10,12H2,1-3H3,(H2,21,24,25);1H. The average molecular weight is 514 g/mol. The number of nitrogens with one attached hydrogen (secondary N) is 2. The Morgan fingerprint density at radius 3 is 2.64 bits per heavy atom. The van der Waals surface area contributed by atoms with Gasteiger partial charge >= 0.3 is 0 Å². The van der Waals surface area contributed by atoms with Crippen molar-refractivity contribution in [2.24, 2.45) is 4.99 Å². The van der Waals surface area contributed by atoms with Gasteiger partial charge in [-0.1, -0.05) is 13.0 Å². The van der Waals surface area contributed by atoms with E-state index in [-0.39, 0.29) is 29.8 Å². The Morgan fingerprint density at radius 1 is 1.25 bits per heavy atom. The third-order valence-corrected chi connectivity index (χ3v) is 5.28. The van der Waals surface area contributed by atoms with Crippen LogP contribution < -0.4 is 10.6 Å². The minimum Gasteiger partial charge on any atom is -0.352 e. The first-order valence-electron chi connectivity index (χ1n) is 8.77. The van der Waals surface area contributed by atoms with Gasteiger partial charge in [0, 0.05) is 37.1 Å². The van der Waals surface area contributed by atoms with Crippen molar-refractivity contribution in [1.29, 1.82) is 0 Å². The third-order valence-electron chi connectivity index (χ3n) is 4.14. The van der Waals surface area contributed by atoms with Crippen LogP contribution in [-0.4, -0.2) is 27.5 Å². The third kappa shape index (κ3) is 5.51. The molecule has 0 fully saturated rings. The Morgan fingerprint density at radius 2 is 2.04 bits per heavy atom. The monoisotopic (exact) mass is 514 g/mol. The number of aromatic nitrogens is 3. The van der Waals surface area contributed by atoms with E-state index in [1.165, 1.54) is 10.9 Å². The molecule has 0 aliphatic carbocycles. The van der Waals surface area contributed by atoms with E-state index in [4.69, 9.17) is 0 Å². The van der Waals surface area contributed by atoms with Crippen molar-refractivity contribution in [3.63, 3.8) is 0 Å². The quantitative estimate of drug-likeness (QED) is 0.298. The molecule has 0 bridgehead atoms. The molecule has 0 radical (unpaired) electrons. The Kier molecular flexibility index (Phi) is 8.36. The van der Waals surface area contributed by atoms with E-state index in [1.807, 2.05) is 19.2 Å². The molecular formula is C19H24FIN6S. The molecule has 0 spiro atoms. The minimum absolute atomic E-state index is 0. The molecule has 3 rings (SSSR count). The average Bonchev–Trinajstić information content (AvgIpc) is 3.31. The van der Waals surface area contributed by atoms with Gasteiger partial charge < -0.3 is 15.2 Å². The second-order valence-electron chi connectivity index (χ2n) is 5.98. The van der Waals surface area contributed by atoms with Crippen molar-refractivity contribution in [3.05, 3.63) is 63.9 Å². The second-order valence-corrected chi connectivity index (χ2v) is 7.18. The van der Waals surface area contributed by atoms with Gasteiger partial charge in [-0.15, -0.1) is 35.3 Å². The molecule has 1 aromatic carbocycles. The summed E-state index contributed by atoms with van der Waals surface area (Å²) in [6.45, 7) is 5.04. The molecule has 0 amide bonds. The number of halogens is 2. The number of hydrogen-bond acceptors (Lipinski definition) is 4. The summed E-state index contributed by atoms with van der Waals surface area (Å²) in [6.07, 6.45) is 6.31. The van der Waals surface area contributed by atoms with Crippen LogP contribution in [0.2, 0.25) is 0 Å². The van der Waals surface area contributed by atoms with Gasteiger partial charge in [0.25, 0.3) is 0 Å². The van der Waals surface area contributed by atoms with Gasteiger partial charge in [0.05, 0.1) is 12.2 Å². The summed E-state index contributed by atoms with van der Waals surface area (Å²) in [6, 6.07) is 5.19. The van der Waals surface area contributed by atoms with Gasteiger partial charge in [0.15, 0.2) is 5.96 Å². The van der Waals surface area contributed by atoms with E-state index in [2.05, 4.69) is 32.5 Å². The van der Waals surface area contributed by atoms with E-state index < -0.39 is 0 Å². The Labute approximate surface area is 185 Å². The molecule has 2 aromatic heterocycles. The zero-order chi connectivity index (χ0) is 19.2. The topological polar surface area (TPSA) is 67.1 Å². The molecule has 9 heteroatoms. The normalized spacial score (nSPS) is 11.2. The van der Waals surface area contributed by atoms with Crippen LogP contribution in [0.15, 0.2) is 41.8 Å². The highest BCUT2D eigenvalue weighted by molar-refractivity contribution is 14.0. The van der Waals surface area contributed by atoms with Gasteiger partial charge in [-0.2, -0.15) is 0 Å². The Balaban J connectivity index is 0.00000280. The molecule has 0 aliphatic rings. The maximum atomic E-state index is 14.5. The summed E-state index contributed by atoms with van der Waals surface area (Å²) >= 11 is 1.69. The van der Waals surface area contributed by atoms with Crippen molar-refractivity contribution in [1.82, 2.24) is 25.2 Å². The summed E-state index contributed by atoms with van der Waals surface area (Å²) in [5.74, 6) is 1.12. The first-order chi connectivity index (χ1) is 13.1. The molecule has 2 N–H and O–H groups in total. The Hall–Kier alpha value is -2.01. The van der Waals surface area contributed by atoms with Gasteiger partial charge in [-0.3, -0.25) is 4.99 Å². The van der Waals surface area contributed by atoms with E-state index in [1.54, 1.807) is 41.4 Å². The molecule has 150 valence electrons. The molecular weight excluding hydrogens is 490 g/mol. The van der Waals surface area contributed by atoms with E-state index in [9.17, 15) is 4.39 Å². The number of thiazole rings is 1. The molecule has 28 heavy (non-hydrogen) atoms. The molecule has 6 nitrogen and oxygen atoms in total. The van der Waals surface area contributed by atoms with Gasteiger partial charge in [0.1, 0.15) is 16.6 Å². The molecule has 3 aromatic rings. The predicted octanol–water partition coefficient (Wildman–Crippen LogP) is 3.82. The first-order valence-corrected chi connectivity index (χ1v) is 9.59. The van der Waals surface area contributed by atoms with Gasteiger partial charge in [-0.05, 0) is 31.0 Å². The Bertz CT molecular complexity index is 936. The molecule has 0 saturated heterocycles. The van der Waals surface area contributed by atoms with Crippen molar-refractivity contribution >= 4 is 41.3 Å². The van der Waals surface area contributed by atoms with Crippen LogP contribution in [0.25, 0.3) is 5.69 Å². The fraction of sp³-hybridized carbons (Fsp3) is 0.316. The largest absolute Gasteiger partial charge is 0.352 e. The van der Waals surface area contributed by atoms with Crippen LogP contribution in [0, 0.1) is 12.7 Å². The highest BCUT2D eigenvalue weighted by Crippen LogP contribution is 2.17. The van der Waals surface area contributed by atoms with E-state index in [0.29, 0.717) is 24.7 Å². The van der Waals surface area contributed by atoms with Crippen LogP contribution >= 0.6 is 35.3 Å². The number of aliphatic imine (C=N–C) groups is 1. The predicted molar refractivity (Wildman–Crippen MR) is 122 cm³/mol. The second kappa shape index (κ2) is 10.5. The number of rotatable bonds is 6. The summed E-state index contributed by atoms with van der Waals surface area (Å²) in [5, 5.41) is 7.44. The summed E-state index contributed by atoms with van der Waals surface area (Å²) in [4.78, 5) is 14.0. The molecule has 0 aliphatic heterocycles. The zero-order valence-electron chi connectivity index (χ0n) is 16.1.